The predicted octanol–water partition coefficient (Wildman–Crippen LogP) is 4.83. The maximum Gasteiger partial charge on any atom is 0.303 e. The average molecular weight is 629 g/mol. The molecule has 1 aliphatic heterocycles. The molecule has 0 aromatic heterocycles. The second-order valence-corrected chi connectivity index (χ2v) is 15.2. The van der Waals surface area contributed by atoms with Crippen molar-refractivity contribution in [2.24, 2.45) is 5.41 Å². The molecule has 2 amide bonds. The first kappa shape index (κ1) is 32.4. The van der Waals surface area contributed by atoms with Crippen molar-refractivity contribution in [1.82, 2.24) is 19.2 Å². The molecule has 2 saturated carbocycles. The quantitative estimate of drug-likeness (QED) is 0.390. The summed E-state index contributed by atoms with van der Waals surface area (Å²) in [5, 5.41) is 3.22. The molecule has 5 rings (SSSR count). The Hall–Kier alpha value is -3.02. The number of hydrogen-bond donors (Lipinski definition) is 2. The standard InChI is InChI=1S/C33H45FN4O5S/c1-6-38(5)44(41,42)36-31(39)25-13-9-15-28(30(25)24-12-8-14-26(34)29(24)21-10-7-11-21)43-23-17-16-22(18-23)35-32(40)27-19-33(2,3)20-37(27)4/h8-9,12-15,21-23,27H,6-7,10-11,16-20H2,1-5H3,(H,35,40)(H,36,39)/t22-,23-,27+/m1/s1. The third-order valence-electron chi connectivity index (χ3n) is 9.47. The van der Waals surface area contributed by atoms with E-state index in [1.165, 1.54) is 13.1 Å². The first-order valence-corrected chi connectivity index (χ1v) is 17.1. The van der Waals surface area contributed by atoms with E-state index in [1.807, 2.05) is 7.05 Å². The molecule has 0 unspecified atom stereocenters. The van der Waals surface area contributed by atoms with Gasteiger partial charge in [-0.1, -0.05) is 45.4 Å². The van der Waals surface area contributed by atoms with Crippen LogP contribution in [-0.2, 0) is 15.0 Å². The van der Waals surface area contributed by atoms with Gasteiger partial charge in [-0.25, -0.2) is 9.11 Å². The van der Waals surface area contributed by atoms with E-state index in [9.17, 15) is 18.0 Å². The Kier molecular flexibility index (Phi) is 9.39. The van der Waals surface area contributed by atoms with Crippen molar-refractivity contribution in [3.63, 3.8) is 0 Å². The first-order chi connectivity index (χ1) is 20.8. The van der Waals surface area contributed by atoms with Crippen LogP contribution in [0.15, 0.2) is 36.4 Å². The molecule has 1 saturated heterocycles. The number of benzene rings is 2. The largest absolute Gasteiger partial charge is 0.490 e. The van der Waals surface area contributed by atoms with Gasteiger partial charge in [0.15, 0.2) is 0 Å². The molecule has 0 spiro atoms. The molecule has 2 aromatic carbocycles. The Morgan fingerprint density at radius 1 is 1.11 bits per heavy atom. The number of amides is 2. The highest BCUT2D eigenvalue weighted by atomic mass is 32.2. The van der Waals surface area contributed by atoms with Crippen LogP contribution in [0.5, 0.6) is 5.75 Å². The summed E-state index contributed by atoms with van der Waals surface area (Å²) in [6.45, 7) is 7.07. The normalized spacial score (nSPS) is 23.8. The van der Waals surface area contributed by atoms with E-state index in [0.717, 1.165) is 43.0 Å². The molecule has 2 aliphatic carbocycles. The summed E-state index contributed by atoms with van der Waals surface area (Å²) in [4.78, 5) is 28.8. The maximum absolute atomic E-state index is 15.4. The second kappa shape index (κ2) is 12.8. The highest BCUT2D eigenvalue weighted by Crippen LogP contribution is 2.46. The van der Waals surface area contributed by atoms with Crippen molar-refractivity contribution in [2.75, 3.05) is 27.2 Å². The molecule has 0 radical (unpaired) electrons. The van der Waals surface area contributed by atoms with E-state index in [1.54, 1.807) is 37.3 Å². The minimum atomic E-state index is -4.08. The highest BCUT2D eigenvalue weighted by Gasteiger charge is 2.40. The summed E-state index contributed by atoms with van der Waals surface area (Å²) >= 11 is 0. The van der Waals surface area contributed by atoms with Crippen molar-refractivity contribution in [3.8, 4) is 16.9 Å². The monoisotopic (exact) mass is 628 g/mol. The van der Waals surface area contributed by atoms with Gasteiger partial charge in [-0.3, -0.25) is 14.5 Å². The smallest absolute Gasteiger partial charge is 0.303 e. The molecule has 11 heteroatoms. The number of nitrogens with zero attached hydrogens (tertiary/aromatic N) is 2. The van der Waals surface area contributed by atoms with E-state index in [4.69, 9.17) is 4.74 Å². The summed E-state index contributed by atoms with van der Waals surface area (Å²) in [6.07, 6.45) is 5.27. The fourth-order valence-corrected chi connectivity index (χ4v) is 7.70. The fourth-order valence-electron chi connectivity index (χ4n) is 6.86. The van der Waals surface area contributed by atoms with Crippen LogP contribution < -0.4 is 14.8 Å². The minimum absolute atomic E-state index is 0.00916. The minimum Gasteiger partial charge on any atom is -0.490 e. The van der Waals surface area contributed by atoms with Crippen molar-refractivity contribution < 1.29 is 27.1 Å². The van der Waals surface area contributed by atoms with E-state index in [-0.39, 0.29) is 53.4 Å². The Morgan fingerprint density at radius 2 is 1.84 bits per heavy atom. The van der Waals surface area contributed by atoms with Crippen LogP contribution in [0.3, 0.4) is 0 Å². The lowest BCUT2D eigenvalue weighted by molar-refractivity contribution is -0.125. The molecule has 3 fully saturated rings. The summed E-state index contributed by atoms with van der Waals surface area (Å²) in [5.41, 5.74) is 1.62. The summed E-state index contributed by atoms with van der Waals surface area (Å²) in [6, 6.07) is 9.55. The van der Waals surface area contributed by atoms with Crippen LogP contribution in [0.4, 0.5) is 4.39 Å². The lowest BCUT2D eigenvalue weighted by atomic mass is 9.76. The Labute approximate surface area is 260 Å². The van der Waals surface area contributed by atoms with E-state index in [0.29, 0.717) is 35.3 Å². The van der Waals surface area contributed by atoms with Gasteiger partial charge >= 0.3 is 10.2 Å². The van der Waals surface area contributed by atoms with Crippen LogP contribution >= 0.6 is 0 Å². The summed E-state index contributed by atoms with van der Waals surface area (Å²) in [7, 11) is -0.709. The Balaban J connectivity index is 1.43. The lowest BCUT2D eigenvalue weighted by Gasteiger charge is -2.29. The average Bonchev–Trinajstić information content (AvgIpc) is 3.49. The van der Waals surface area contributed by atoms with Gasteiger partial charge < -0.3 is 10.1 Å². The molecular weight excluding hydrogens is 583 g/mol. The van der Waals surface area contributed by atoms with Gasteiger partial charge in [0.25, 0.3) is 5.91 Å². The van der Waals surface area contributed by atoms with Gasteiger partial charge in [-0.15, -0.1) is 0 Å². The molecular formula is C33H45FN4O5S. The van der Waals surface area contributed by atoms with Gasteiger partial charge in [-0.2, -0.15) is 12.7 Å². The Morgan fingerprint density at radius 3 is 2.48 bits per heavy atom. The molecule has 2 aromatic rings. The third-order valence-corrected chi connectivity index (χ3v) is 11.0. The van der Waals surface area contributed by atoms with Crippen LogP contribution in [0.2, 0.25) is 0 Å². The number of carbonyl (C=O) groups is 2. The van der Waals surface area contributed by atoms with E-state index in [2.05, 4.69) is 28.8 Å². The maximum atomic E-state index is 15.4. The topological polar surface area (TPSA) is 108 Å². The summed E-state index contributed by atoms with van der Waals surface area (Å²) in [5.74, 6) is -0.731. The zero-order chi connectivity index (χ0) is 31.8. The SMILES string of the molecule is CCN(C)S(=O)(=O)NC(=O)c1cccc(O[C@@H]2CC[C@@H](NC(=O)[C@@H]3CC(C)(C)CN3C)C2)c1-c1cccc(F)c1C1CCC1. The number of ether oxygens (including phenoxy) is 1. The Bertz CT molecular complexity index is 1510. The lowest BCUT2D eigenvalue weighted by Crippen LogP contribution is -2.45. The summed E-state index contributed by atoms with van der Waals surface area (Å²) < 4.78 is 50.7. The van der Waals surface area contributed by atoms with Crippen LogP contribution in [0.25, 0.3) is 11.1 Å². The highest BCUT2D eigenvalue weighted by molar-refractivity contribution is 7.87. The molecule has 1 heterocycles. The molecule has 3 aliphatic rings. The molecule has 240 valence electrons. The predicted molar refractivity (Wildman–Crippen MR) is 168 cm³/mol. The van der Waals surface area contributed by atoms with Gasteiger partial charge in [-0.05, 0) is 79.8 Å². The van der Waals surface area contributed by atoms with Gasteiger partial charge in [0.2, 0.25) is 5.91 Å². The number of likely N-dealkylation sites (tertiary alicyclic amines) is 1. The first-order valence-electron chi connectivity index (χ1n) is 15.7. The molecule has 2 N–H and O–H groups in total. The van der Waals surface area contributed by atoms with Crippen molar-refractivity contribution in [1.29, 1.82) is 0 Å². The van der Waals surface area contributed by atoms with Gasteiger partial charge in [0.05, 0.1) is 11.6 Å². The van der Waals surface area contributed by atoms with Crippen LogP contribution in [0, 0.1) is 11.2 Å². The zero-order valence-corrected chi connectivity index (χ0v) is 27.2. The van der Waals surface area contributed by atoms with Crippen molar-refractivity contribution in [3.05, 3.63) is 53.3 Å². The molecule has 0 bridgehead atoms. The number of likely N-dealkylation sites (N-methyl/N-ethyl adjacent to an activating group) is 1. The third kappa shape index (κ3) is 6.79. The van der Waals surface area contributed by atoms with Crippen molar-refractivity contribution in [2.45, 2.75) is 89.8 Å². The van der Waals surface area contributed by atoms with Crippen LogP contribution in [-0.4, -0.2) is 74.8 Å². The van der Waals surface area contributed by atoms with Crippen molar-refractivity contribution >= 4 is 22.0 Å². The number of nitrogens with one attached hydrogen (secondary N) is 2. The van der Waals surface area contributed by atoms with Crippen LogP contribution in [0.1, 0.15) is 87.6 Å². The van der Waals surface area contributed by atoms with Gasteiger partial charge in [0, 0.05) is 38.2 Å². The number of rotatable bonds is 10. The van der Waals surface area contributed by atoms with Gasteiger partial charge in [0.1, 0.15) is 17.7 Å². The van der Waals surface area contributed by atoms with E-state index >= 15 is 4.39 Å². The molecule has 3 atom stereocenters. The fraction of sp³-hybridized carbons (Fsp3) is 0.576. The second-order valence-electron chi connectivity index (χ2n) is 13.4. The number of hydrogen-bond acceptors (Lipinski definition) is 6. The zero-order valence-electron chi connectivity index (χ0n) is 26.4. The molecule has 44 heavy (non-hydrogen) atoms. The number of halogens is 1. The molecule has 9 nitrogen and oxygen atoms in total. The number of carbonyl (C=O) groups excluding carboxylic acids is 2. The van der Waals surface area contributed by atoms with E-state index < -0.39 is 16.1 Å².